The molecule has 0 saturated heterocycles. The molecule has 1 aromatic rings. The van der Waals surface area contributed by atoms with Crippen molar-refractivity contribution in [2.45, 2.75) is 52.0 Å². The summed E-state index contributed by atoms with van der Waals surface area (Å²) < 4.78 is 2.41. The summed E-state index contributed by atoms with van der Waals surface area (Å²) in [6, 6.07) is 2.83. The lowest BCUT2D eigenvalue weighted by atomic mass is 9.79. The third-order valence-electron chi connectivity index (χ3n) is 4.12. The summed E-state index contributed by atoms with van der Waals surface area (Å²) in [6.45, 7) is 5.75. The largest absolute Gasteiger partial charge is 0.309 e. The molecule has 0 aromatic carbocycles. The number of halogens is 2. The van der Waals surface area contributed by atoms with Gasteiger partial charge in [0.05, 0.1) is 3.79 Å². The second kappa shape index (κ2) is 7.58. The Hall–Kier alpha value is 0.620. The Labute approximate surface area is 137 Å². The molecule has 1 aliphatic carbocycles. The van der Waals surface area contributed by atoms with Crippen LogP contribution in [0.2, 0.25) is 0 Å². The molecular formula is C15H23Br2NS. The average molecular weight is 409 g/mol. The first-order valence-corrected chi connectivity index (χ1v) is 9.70. The van der Waals surface area contributed by atoms with E-state index < -0.39 is 0 Å². The maximum Gasteiger partial charge on any atom is 0.0843 e. The molecule has 4 heteroatoms. The SMILES string of the molecule is CCCNC(c1cc(Br)c(Br)s1)C1CCC(C)CC1. The Morgan fingerprint density at radius 1 is 1.32 bits per heavy atom. The fourth-order valence-corrected chi connectivity index (χ4v) is 5.19. The van der Waals surface area contributed by atoms with E-state index in [0.29, 0.717) is 6.04 Å². The fraction of sp³-hybridized carbons (Fsp3) is 0.733. The van der Waals surface area contributed by atoms with Gasteiger partial charge in [-0.1, -0.05) is 26.7 Å². The quantitative estimate of drug-likeness (QED) is 0.616. The van der Waals surface area contributed by atoms with E-state index in [0.717, 1.165) is 18.4 Å². The summed E-state index contributed by atoms with van der Waals surface area (Å²) in [4.78, 5) is 1.48. The van der Waals surface area contributed by atoms with Crippen LogP contribution in [0, 0.1) is 11.8 Å². The maximum absolute atomic E-state index is 3.78. The molecule has 1 aliphatic rings. The molecule has 0 radical (unpaired) electrons. The number of hydrogen-bond donors (Lipinski definition) is 1. The molecule has 108 valence electrons. The van der Waals surface area contributed by atoms with Gasteiger partial charge in [0.15, 0.2) is 0 Å². The van der Waals surface area contributed by atoms with Gasteiger partial charge in [-0.15, -0.1) is 11.3 Å². The average Bonchev–Trinajstić information content (AvgIpc) is 2.72. The van der Waals surface area contributed by atoms with Gasteiger partial charge in [0.25, 0.3) is 0 Å². The highest BCUT2D eigenvalue weighted by molar-refractivity contribution is 9.13. The molecule has 0 bridgehead atoms. The fourth-order valence-electron chi connectivity index (χ4n) is 2.94. The second-order valence-electron chi connectivity index (χ2n) is 5.72. The minimum atomic E-state index is 0.542. The Balaban J connectivity index is 2.10. The summed E-state index contributed by atoms with van der Waals surface area (Å²) >= 11 is 9.13. The van der Waals surface area contributed by atoms with E-state index in [1.54, 1.807) is 0 Å². The van der Waals surface area contributed by atoms with Crippen molar-refractivity contribution >= 4 is 43.2 Å². The van der Waals surface area contributed by atoms with Gasteiger partial charge < -0.3 is 5.32 Å². The van der Waals surface area contributed by atoms with E-state index in [4.69, 9.17) is 0 Å². The summed E-state index contributed by atoms with van der Waals surface area (Å²) in [5, 5.41) is 3.78. The van der Waals surface area contributed by atoms with Gasteiger partial charge in [0.2, 0.25) is 0 Å². The normalized spacial score (nSPS) is 25.5. The van der Waals surface area contributed by atoms with E-state index in [2.05, 4.69) is 57.1 Å². The van der Waals surface area contributed by atoms with Crippen LogP contribution < -0.4 is 5.32 Å². The first kappa shape index (κ1) is 16.0. The molecule has 2 rings (SSSR count). The number of nitrogens with one attached hydrogen (secondary N) is 1. The summed E-state index contributed by atoms with van der Waals surface area (Å²) in [7, 11) is 0. The Morgan fingerprint density at radius 3 is 2.53 bits per heavy atom. The third kappa shape index (κ3) is 4.29. The molecule has 1 fully saturated rings. The lowest BCUT2D eigenvalue weighted by Gasteiger charge is -2.33. The highest BCUT2D eigenvalue weighted by Crippen LogP contribution is 2.42. The minimum Gasteiger partial charge on any atom is -0.309 e. The molecular weight excluding hydrogens is 386 g/mol. The smallest absolute Gasteiger partial charge is 0.0843 e. The molecule has 1 heterocycles. The Morgan fingerprint density at radius 2 is 2.00 bits per heavy atom. The van der Waals surface area contributed by atoms with E-state index in [1.807, 2.05) is 11.3 Å². The molecule has 0 amide bonds. The van der Waals surface area contributed by atoms with Crippen LogP contribution in [0.15, 0.2) is 14.3 Å². The number of thiophene rings is 1. The minimum absolute atomic E-state index is 0.542. The Bertz CT molecular complexity index is 377. The standard InChI is InChI=1S/C15H23Br2NS/c1-3-8-18-14(11-6-4-10(2)5-7-11)13-9-12(16)15(17)19-13/h9-11,14,18H,3-8H2,1-2H3. The van der Waals surface area contributed by atoms with E-state index >= 15 is 0 Å². The van der Waals surface area contributed by atoms with Crippen molar-refractivity contribution in [1.82, 2.24) is 5.32 Å². The van der Waals surface area contributed by atoms with Gasteiger partial charge in [0.1, 0.15) is 0 Å². The molecule has 1 atom stereocenters. The molecule has 1 saturated carbocycles. The van der Waals surface area contributed by atoms with Crippen LogP contribution in [0.5, 0.6) is 0 Å². The zero-order chi connectivity index (χ0) is 13.8. The lowest BCUT2D eigenvalue weighted by molar-refractivity contribution is 0.233. The molecule has 1 aromatic heterocycles. The molecule has 0 aliphatic heterocycles. The van der Waals surface area contributed by atoms with Crippen molar-refractivity contribution in [2.24, 2.45) is 11.8 Å². The van der Waals surface area contributed by atoms with Crippen molar-refractivity contribution in [3.63, 3.8) is 0 Å². The monoisotopic (exact) mass is 407 g/mol. The molecule has 19 heavy (non-hydrogen) atoms. The molecule has 1 unspecified atom stereocenters. The van der Waals surface area contributed by atoms with Crippen LogP contribution in [0.25, 0.3) is 0 Å². The van der Waals surface area contributed by atoms with Crippen molar-refractivity contribution in [3.05, 3.63) is 19.2 Å². The van der Waals surface area contributed by atoms with Gasteiger partial charge in [-0.25, -0.2) is 0 Å². The zero-order valence-corrected chi connectivity index (χ0v) is 15.7. The first-order valence-electron chi connectivity index (χ1n) is 7.30. The van der Waals surface area contributed by atoms with Crippen LogP contribution >= 0.6 is 43.2 Å². The number of rotatable bonds is 5. The zero-order valence-electron chi connectivity index (χ0n) is 11.7. The lowest BCUT2D eigenvalue weighted by Crippen LogP contribution is -2.30. The topological polar surface area (TPSA) is 12.0 Å². The maximum atomic E-state index is 3.78. The van der Waals surface area contributed by atoms with Gasteiger partial charge in [-0.05, 0) is 75.6 Å². The van der Waals surface area contributed by atoms with Crippen molar-refractivity contribution in [2.75, 3.05) is 6.54 Å². The van der Waals surface area contributed by atoms with Gasteiger partial charge >= 0.3 is 0 Å². The van der Waals surface area contributed by atoms with Crippen LogP contribution in [-0.2, 0) is 0 Å². The van der Waals surface area contributed by atoms with E-state index in [1.165, 1.54) is 45.2 Å². The van der Waals surface area contributed by atoms with E-state index in [-0.39, 0.29) is 0 Å². The molecule has 0 spiro atoms. The highest BCUT2D eigenvalue weighted by Gasteiger charge is 2.28. The Kier molecular flexibility index (Phi) is 6.38. The second-order valence-corrected chi connectivity index (χ2v) is 8.98. The number of hydrogen-bond acceptors (Lipinski definition) is 2. The summed E-state index contributed by atoms with van der Waals surface area (Å²) in [6.07, 6.45) is 6.73. The molecule has 1 nitrogen and oxygen atoms in total. The van der Waals surface area contributed by atoms with Crippen LogP contribution in [0.1, 0.15) is 56.9 Å². The van der Waals surface area contributed by atoms with Crippen LogP contribution in [0.3, 0.4) is 0 Å². The van der Waals surface area contributed by atoms with Gasteiger partial charge in [-0.3, -0.25) is 0 Å². The van der Waals surface area contributed by atoms with Gasteiger partial charge in [-0.2, -0.15) is 0 Å². The summed E-state index contributed by atoms with van der Waals surface area (Å²) in [5.74, 6) is 1.73. The summed E-state index contributed by atoms with van der Waals surface area (Å²) in [5.41, 5.74) is 0. The van der Waals surface area contributed by atoms with Gasteiger partial charge in [0, 0.05) is 15.4 Å². The first-order chi connectivity index (χ1) is 9.11. The molecule has 1 N–H and O–H groups in total. The van der Waals surface area contributed by atoms with Crippen LogP contribution in [0.4, 0.5) is 0 Å². The van der Waals surface area contributed by atoms with Crippen LogP contribution in [-0.4, -0.2) is 6.54 Å². The van der Waals surface area contributed by atoms with Crippen molar-refractivity contribution in [3.8, 4) is 0 Å². The predicted octanol–water partition coefficient (Wildman–Crippen LogP) is 6.14. The highest BCUT2D eigenvalue weighted by atomic mass is 79.9. The third-order valence-corrected chi connectivity index (χ3v) is 7.46. The van der Waals surface area contributed by atoms with Crippen molar-refractivity contribution in [1.29, 1.82) is 0 Å². The van der Waals surface area contributed by atoms with Crippen molar-refractivity contribution < 1.29 is 0 Å². The predicted molar refractivity (Wildman–Crippen MR) is 91.9 cm³/mol. The van der Waals surface area contributed by atoms with E-state index in [9.17, 15) is 0 Å².